The first-order valence-electron chi connectivity index (χ1n) is 8.77. The van der Waals surface area contributed by atoms with Crippen LogP contribution in [-0.4, -0.2) is 37.4 Å². The minimum absolute atomic E-state index is 0.0995. The number of halogens is 1. The summed E-state index contributed by atoms with van der Waals surface area (Å²) in [7, 11) is 1.58. The van der Waals surface area contributed by atoms with E-state index in [1.54, 1.807) is 13.1 Å². The van der Waals surface area contributed by atoms with Crippen molar-refractivity contribution in [3.63, 3.8) is 0 Å². The van der Waals surface area contributed by atoms with E-state index in [4.69, 9.17) is 19.9 Å². The SMILES string of the molecule is CN(Cc1cc(N)cc(F)c1O[C@H]1CCOC1)C(=O)OCc1ccccc1. The van der Waals surface area contributed by atoms with E-state index in [1.165, 1.54) is 11.0 Å². The molecule has 1 aliphatic rings. The number of hydrogen-bond donors (Lipinski definition) is 1. The Hall–Kier alpha value is -2.80. The van der Waals surface area contributed by atoms with Crippen LogP contribution in [0.5, 0.6) is 5.75 Å². The fourth-order valence-electron chi connectivity index (χ4n) is 2.85. The Kier molecular flexibility index (Phi) is 6.13. The van der Waals surface area contributed by atoms with Gasteiger partial charge in [0, 0.05) is 30.8 Å². The van der Waals surface area contributed by atoms with Crippen LogP contribution < -0.4 is 10.5 Å². The minimum atomic E-state index is -0.553. The molecule has 1 saturated heterocycles. The molecule has 0 aromatic heterocycles. The number of carbonyl (C=O) groups excluding carboxylic acids is 1. The lowest BCUT2D eigenvalue weighted by molar-refractivity contribution is 0.101. The normalized spacial score (nSPS) is 16.1. The molecule has 1 aliphatic heterocycles. The third-order valence-electron chi connectivity index (χ3n) is 4.24. The molecule has 7 heteroatoms. The molecule has 1 fully saturated rings. The second kappa shape index (κ2) is 8.73. The quantitative estimate of drug-likeness (QED) is 0.785. The summed E-state index contributed by atoms with van der Waals surface area (Å²) >= 11 is 0. The van der Waals surface area contributed by atoms with E-state index < -0.39 is 11.9 Å². The van der Waals surface area contributed by atoms with E-state index in [2.05, 4.69) is 0 Å². The van der Waals surface area contributed by atoms with Crippen LogP contribution in [0.1, 0.15) is 17.5 Å². The van der Waals surface area contributed by atoms with Gasteiger partial charge in [-0.15, -0.1) is 0 Å². The van der Waals surface area contributed by atoms with Gasteiger partial charge in [-0.2, -0.15) is 0 Å². The maximum absolute atomic E-state index is 14.4. The van der Waals surface area contributed by atoms with Gasteiger partial charge in [-0.3, -0.25) is 0 Å². The Bertz CT molecular complexity index is 779. The second-order valence-corrected chi connectivity index (χ2v) is 6.49. The van der Waals surface area contributed by atoms with Crippen molar-refractivity contribution in [3.8, 4) is 5.75 Å². The fraction of sp³-hybridized carbons (Fsp3) is 0.350. The van der Waals surface area contributed by atoms with Gasteiger partial charge in [0.1, 0.15) is 12.7 Å². The molecular formula is C20H23FN2O4. The van der Waals surface area contributed by atoms with Gasteiger partial charge in [-0.25, -0.2) is 9.18 Å². The summed E-state index contributed by atoms with van der Waals surface area (Å²) in [6.07, 6.45) is -0.0351. The van der Waals surface area contributed by atoms with Gasteiger partial charge in [0.05, 0.1) is 19.8 Å². The van der Waals surface area contributed by atoms with Gasteiger partial charge in [-0.05, 0) is 11.6 Å². The number of ether oxygens (including phenoxy) is 3. The van der Waals surface area contributed by atoms with E-state index in [0.29, 0.717) is 25.2 Å². The number of amides is 1. The first kappa shape index (κ1) is 19.0. The Morgan fingerprint density at radius 1 is 1.33 bits per heavy atom. The summed E-state index contributed by atoms with van der Waals surface area (Å²) < 4.78 is 30.7. The second-order valence-electron chi connectivity index (χ2n) is 6.49. The van der Waals surface area contributed by atoms with Crippen LogP contribution in [0, 0.1) is 5.82 Å². The van der Waals surface area contributed by atoms with E-state index in [-0.39, 0.29) is 30.7 Å². The molecule has 0 spiro atoms. The topological polar surface area (TPSA) is 74.0 Å². The predicted octanol–water partition coefficient (Wildman–Crippen LogP) is 3.34. The first-order chi connectivity index (χ1) is 13.0. The highest BCUT2D eigenvalue weighted by atomic mass is 19.1. The van der Waals surface area contributed by atoms with E-state index in [9.17, 15) is 9.18 Å². The summed E-state index contributed by atoms with van der Waals surface area (Å²) in [4.78, 5) is 13.6. The van der Waals surface area contributed by atoms with E-state index in [1.807, 2.05) is 30.3 Å². The van der Waals surface area contributed by atoms with Crippen molar-refractivity contribution in [1.29, 1.82) is 0 Å². The molecule has 0 bridgehead atoms. The lowest BCUT2D eigenvalue weighted by Crippen LogP contribution is -2.28. The Balaban J connectivity index is 1.66. The van der Waals surface area contributed by atoms with Crippen LogP contribution in [-0.2, 0) is 22.6 Å². The zero-order chi connectivity index (χ0) is 19.2. The molecule has 0 saturated carbocycles. The van der Waals surface area contributed by atoms with Crippen molar-refractivity contribution in [2.75, 3.05) is 26.0 Å². The standard InChI is InChI=1S/C20H23FN2O4/c1-23(20(24)26-12-14-5-3-2-4-6-14)11-15-9-16(22)10-18(21)19(15)27-17-7-8-25-13-17/h2-6,9-10,17H,7-8,11-13,22H2,1H3/t17-/m0/s1. The van der Waals surface area contributed by atoms with Crippen LogP contribution in [0.4, 0.5) is 14.9 Å². The smallest absolute Gasteiger partial charge is 0.410 e. The average Bonchev–Trinajstić information content (AvgIpc) is 3.16. The lowest BCUT2D eigenvalue weighted by atomic mass is 10.1. The molecule has 1 atom stereocenters. The average molecular weight is 374 g/mol. The number of nitrogens with zero attached hydrogens (tertiary/aromatic N) is 1. The van der Waals surface area contributed by atoms with Gasteiger partial charge >= 0.3 is 6.09 Å². The summed E-state index contributed by atoms with van der Waals surface area (Å²) in [5, 5.41) is 0. The maximum atomic E-state index is 14.4. The molecule has 6 nitrogen and oxygen atoms in total. The number of benzene rings is 2. The summed E-state index contributed by atoms with van der Waals surface area (Å²) in [6, 6.07) is 12.2. The fourth-order valence-corrected chi connectivity index (χ4v) is 2.85. The molecule has 2 aromatic rings. The zero-order valence-corrected chi connectivity index (χ0v) is 15.2. The van der Waals surface area contributed by atoms with E-state index in [0.717, 1.165) is 5.56 Å². The first-order valence-corrected chi connectivity index (χ1v) is 8.77. The largest absolute Gasteiger partial charge is 0.484 e. The number of nitrogens with two attached hydrogens (primary N) is 1. The third kappa shape index (κ3) is 5.10. The maximum Gasteiger partial charge on any atom is 0.410 e. The molecule has 27 heavy (non-hydrogen) atoms. The number of rotatable bonds is 6. The molecular weight excluding hydrogens is 351 g/mol. The summed E-state index contributed by atoms with van der Waals surface area (Å²) in [6.45, 7) is 1.27. The highest BCUT2D eigenvalue weighted by molar-refractivity contribution is 5.67. The molecule has 0 unspecified atom stereocenters. The third-order valence-corrected chi connectivity index (χ3v) is 4.24. The zero-order valence-electron chi connectivity index (χ0n) is 15.2. The highest BCUT2D eigenvalue weighted by Gasteiger charge is 2.23. The number of carbonyl (C=O) groups is 1. The van der Waals surface area contributed by atoms with Crippen LogP contribution in [0.15, 0.2) is 42.5 Å². The van der Waals surface area contributed by atoms with Crippen molar-refractivity contribution in [2.45, 2.75) is 25.7 Å². The number of nitrogen functional groups attached to an aromatic ring is 1. The molecule has 0 aliphatic carbocycles. The Labute approximate surface area is 157 Å². The molecule has 2 N–H and O–H groups in total. The van der Waals surface area contributed by atoms with Crippen LogP contribution in [0.2, 0.25) is 0 Å². The molecule has 2 aromatic carbocycles. The highest BCUT2D eigenvalue weighted by Crippen LogP contribution is 2.29. The molecule has 1 heterocycles. The van der Waals surface area contributed by atoms with Crippen molar-refractivity contribution in [2.24, 2.45) is 0 Å². The minimum Gasteiger partial charge on any atom is -0.484 e. The van der Waals surface area contributed by atoms with Gasteiger partial charge in [-0.1, -0.05) is 30.3 Å². The lowest BCUT2D eigenvalue weighted by Gasteiger charge is -2.21. The summed E-state index contributed by atoms with van der Waals surface area (Å²) in [5.74, 6) is -0.453. The molecule has 144 valence electrons. The van der Waals surface area contributed by atoms with Crippen LogP contribution in [0.25, 0.3) is 0 Å². The van der Waals surface area contributed by atoms with Crippen molar-refractivity contribution in [3.05, 3.63) is 59.4 Å². The summed E-state index contributed by atoms with van der Waals surface area (Å²) in [5.41, 5.74) is 7.41. The van der Waals surface area contributed by atoms with Gasteiger partial charge < -0.3 is 24.8 Å². The number of anilines is 1. The van der Waals surface area contributed by atoms with Gasteiger partial charge in [0.15, 0.2) is 11.6 Å². The monoisotopic (exact) mass is 374 g/mol. The van der Waals surface area contributed by atoms with Crippen molar-refractivity contribution in [1.82, 2.24) is 4.90 Å². The number of hydrogen-bond acceptors (Lipinski definition) is 5. The van der Waals surface area contributed by atoms with Gasteiger partial charge in [0.2, 0.25) is 0 Å². The Morgan fingerprint density at radius 2 is 2.11 bits per heavy atom. The van der Waals surface area contributed by atoms with Gasteiger partial charge in [0.25, 0.3) is 0 Å². The molecule has 0 radical (unpaired) electrons. The predicted molar refractivity (Wildman–Crippen MR) is 98.8 cm³/mol. The molecule has 3 rings (SSSR count). The van der Waals surface area contributed by atoms with Crippen LogP contribution in [0.3, 0.4) is 0 Å². The van der Waals surface area contributed by atoms with Crippen molar-refractivity contribution < 1.29 is 23.4 Å². The Morgan fingerprint density at radius 3 is 2.81 bits per heavy atom. The van der Waals surface area contributed by atoms with Crippen molar-refractivity contribution >= 4 is 11.8 Å². The van der Waals surface area contributed by atoms with E-state index >= 15 is 0 Å². The van der Waals surface area contributed by atoms with Crippen LogP contribution >= 0.6 is 0 Å². The molecule has 1 amide bonds.